The van der Waals surface area contributed by atoms with E-state index in [9.17, 15) is 4.79 Å². The average molecular weight is 595 g/mol. The van der Waals surface area contributed by atoms with Gasteiger partial charge in [-0.25, -0.2) is 9.18 Å². The van der Waals surface area contributed by atoms with E-state index in [4.69, 9.17) is 33.5 Å². The molecular formula is C30H36ClFN8O2. The number of guanidine groups is 1. The summed E-state index contributed by atoms with van der Waals surface area (Å²) in [5.74, 6) is -0.446. The summed E-state index contributed by atoms with van der Waals surface area (Å²) in [5.41, 5.74) is 20.1. The molecule has 2 unspecified atom stereocenters. The van der Waals surface area contributed by atoms with Crippen LogP contribution in [0.4, 0.5) is 10.1 Å². The number of nitrogens with one attached hydrogen (secondary N) is 1. The number of morpholine rings is 1. The number of hydrogen-bond donors (Lipinski definition) is 4. The number of benzene rings is 2. The highest BCUT2D eigenvalue weighted by atomic mass is 35.5. The Kier molecular flexibility index (Phi) is 9.10. The molecule has 0 bridgehead atoms. The van der Waals surface area contributed by atoms with Gasteiger partial charge in [0.05, 0.1) is 29.1 Å². The number of aromatic amines is 1. The molecule has 1 aliphatic heterocycles. The summed E-state index contributed by atoms with van der Waals surface area (Å²) in [7, 11) is 0. The van der Waals surface area contributed by atoms with Crippen LogP contribution in [-0.2, 0) is 11.2 Å². The highest BCUT2D eigenvalue weighted by molar-refractivity contribution is 6.31. The normalized spacial score (nSPS) is 16.1. The first-order valence-corrected chi connectivity index (χ1v) is 14.4. The van der Waals surface area contributed by atoms with Crippen molar-refractivity contribution in [2.45, 2.75) is 44.8 Å². The zero-order valence-electron chi connectivity index (χ0n) is 23.5. The van der Waals surface area contributed by atoms with E-state index in [1.54, 1.807) is 24.4 Å². The van der Waals surface area contributed by atoms with Crippen molar-refractivity contribution in [2.24, 2.45) is 22.2 Å². The second kappa shape index (κ2) is 12.9. The largest absolute Gasteiger partial charge is 0.374 e. The Balaban J connectivity index is 1.35. The Morgan fingerprint density at radius 3 is 2.74 bits per heavy atom. The van der Waals surface area contributed by atoms with Gasteiger partial charge in [-0.3, -0.25) is 9.56 Å². The summed E-state index contributed by atoms with van der Waals surface area (Å²) < 4.78 is 22.4. The molecule has 2 aromatic heterocycles. The number of nitrogens with zero attached hydrogens (tertiary/aromatic N) is 4. The average Bonchev–Trinajstić information content (AvgIpc) is 3.37. The maximum atomic E-state index is 15.1. The van der Waals surface area contributed by atoms with E-state index in [2.05, 4.69) is 19.9 Å². The monoisotopic (exact) mass is 594 g/mol. The zero-order chi connectivity index (χ0) is 29.8. The third-order valence-corrected chi connectivity index (χ3v) is 7.66. The molecule has 42 heavy (non-hydrogen) atoms. The van der Waals surface area contributed by atoms with E-state index in [1.807, 2.05) is 31.2 Å². The molecule has 0 amide bonds. The number of aliphatic imine (C=N–C) groups is 1. The van der Waals surface area contributed by atoms with Crippen molar-refractivity contribution in [3.05, 3.63) is 75.5 Å². The number of anilines is 1. The molecule has 2 atom stereocenters. The van der Waals surface area contributed by atoms with Crippen molar-refractivity contribution in [1.29, 1.82) is 0 Å². The van der Waals surface area contributed by atoms with Crippen LogP contribution in [-0.4, -0.2) is 58.9 Å². The number of hydrogen-bond acceptors (Lipinski definition) is 6. The minimum Gasteiger partial charge on any atom is -0.374 e. The third-order valence-electron chi connectivity index (χ3n) is 7.39. The van der Waals surface area contributed by atoms with E-state index in [1.165, 1.54) is 4.57 Å². The van der Waals surface area contributed by atoms with Crippen LogP contribution in [0.2, 0.25) is 5.02 Å². The van der Waals surface area contributed by atoms with Crippen LogP contribution >= 0.6 is 11.6 Å². The zero-order valence-corrected chi connectivity index (χ0v) is 24.3. The second-order valence-corrected chi connectivity index (χ2v) is 11.1. The van der Waals surface area contributed by atoms with Crippen molar-refractivity contribution in [3.8, 4) is 16.9 Å². The summed E-state index contributed by atoms with van der Waals surface area (Å²) in [6.45, 7) is 4.55. The first kappa shape index (κ1) is 29.6. The molecule has 4 aromatic rings. The quantitative estimate of drug-likeness (QED) is 0.161. The Bertz CT molecular complexity index is 1630. The standard InChI is InChI=1S/C30H36ClFN8O2/c1-18(33)3-2-4-19-13-24(27(32)25(31)14-19)26-15-20-16-40(30(41)38-28(20)37-26)22-7-5-21(6-8-22)39-11-12-42-23(17-39)9-10-36-29(34)35/h5-8,13-16,18,23H,2-4,9-12,17,33H2,1H3,(H4,34,35,36)(H,37,38,41). The summed E-state index contributed by atoms with van der Waals surface area (Å²) in [5, 5.41) is 0.721. The van der Waals surface area contributed by atoms with Crippen LogP contribution in [0.3, 0.4) is 0 Å². The van der Waals surface area contributed by atoms with E-state index < -0.39 is 11.5 Å². The molecule has 222 valence electrons. The van der Waals surface area contributed by atoms with Crippen molar-refractivity contribution in [3.63, 3.8) is 0 Å². The van der Waals surface area contributed by atoms with Crippen LogP contribution in [0.5, 0.6) is 0 Å². The maximum absolute atomic E-state index is 15.1. The van der Waals surface area contributed by atoms with Gasteiger partial charge in [-0.15, -0.1) is 0 Å². The Hall–Kier alpha value is -3.93. The van der Waals surface area contributed by atoms with Gasteiger partial charge in [0.1, 0.15) is 5.65 Å². The SMILES string of the molecule is CC(N)CCCc1cc(Cl)c(F)c(-c2cc3cn(-c4ccc(N5CCOC(CCN=C(N)N)C5)cc4)c(=O)nc3[nH]2)c1. The fourth-order valence-corrected chi connectivity index (χ4v) is 5.47. The molecule has 0 saturated carbocycles. The molecule has 0 spiro atoms. The lowest BCUT2D eigenvalue weighted by Crippen LogP contribution is -2.42. The maximum Gasteiger partial charge on any atom is 0.354 e. The molecule has 10 nitrogen and oxygen atoms in total. The fourth-order valence-electron chi connectivity index (χ4n) is 5.23. The van der Waals surface area contributed by atoms with Gasteiger partial charge in [-0.1, -0.05) is 11.6 Å². The summed E-state index contributed by atoms with van der Waals surface area (Å²) >= 11 is 6.24. The summed E-state index contributed by atoms with van der Waals surface area (Å²) in [4.78, 5) is 26.6. The highest BCUT2D eigenvalue weighted by Gasteiger charge is 2.21. The van der Waals surface area contributed by atoms with Crippen molar-refractivity contribution >= 4 is 34.3 Å². The minimum absolute atomic E-state index is 0.0218. The lowest BCUT2D eigenvalue weighted by atomic mass is 10.0. The number of aryl methyl sites for hydroxylation is 1. The molecule has 1 fully saturated rings. The Morgan fingerprint density at radius 2 is 2.00 bits per heavy atom. The summed E-state index contributed by atoms with van der Waals surface area (Å²) in [6, 6.07) is 13.0. The molecule has 0 radical (unpaired) electrons. The molecule has 1 aliphatic rings. The molecule has 2 aromatic carbocycles. The molecule has 3 heterocycles. The Morgan fingerprint density at radius 1 is 1.24 bits per heavy atom. The predicted molar refractivity (Wildman–Crippen MR) is 166 cm³/mol. The van der Waals surface area contributed by atoms with Crippen LogP contribution in [0, 0.1) is 5.82 Å². The van der Waals surface area contributed by atoms with E-state index in [0.717, 1.165) is 43.5 Å². The van der Waals surface area contributed by atoms with Gasteiger partial charge >= 0.3 is 5.69 Å². The van der Waals surface area contributed by atoms with Crippen LogP contribution in [0.15, 0.2) is 58.4 Å². The molecular weight excluding hydrogens is 559 g/mol. The molecule has 0 aliphatic carbocycles. The molecule has 1 saturated heterocycles. The summed E-state index contributed by atoms with van der Waals surface area (Å²) in [6.07, 6.45) is 4.92. The van der Waals surface area contributed by atoms with Gasteiger partial charge in [-0.05, 0) is 80.6 Å². The number of ether oxygens (including phenoxy) is 1. The lowest BCUT2D eigenvalue weighted by Gasteiger charge is -2.34. The number of aromatic nitrogens is 3. The first-order valence-electron chi connectivity index (χ1n) is 14.1. The molecule has 5 rings (SSSR count). The van der Waals surface area contributed by atoms with E-state index >= 15 is 4.39 Å². The number of halogens is 2. The molecule has 7 N–H and O–H groups in total. The first-order chi connectivity index (χ1) is 20.2. The van der Waals surface area contributed by atoms with E-state index in [0.29, 0.717) is 47.7 Å². The van der Waals surface area contributed by atoms with Gasteiger partial charge in [0.25, 0.3) is 0 Å². The fraction of sp³-hybridized carbons (Fsp3) is 0.367. The van der Waals surface area contributed by atoms with Gasteiger partial charge in [-0.2, -0.15) is 4.98 Å². The van der Waals surface area contributed by atoms with Gasteiger partial charge in [0, 0.05) is 48.5 Å². The highest BCUT2D eigenvalue weighted by Crippen LogP contribution is 2.31. The predicted octanol–water partition coefficient (Wildman–Crippen LogP) is 3.71. The van der Waals surface area contributed by atoms with Gasteiger partial charge in [0.15, 0.2) is 11.8 Å². The van der Waals surface area contributed by atoms with Crippen molar-refractivity contribution < 1.29 is 9.13 Å². The third kappa shape index (κ3) is 6.92. The smallest absolute Gasteiger partial charge is 0.354 e. The van der Waals surface area contributed by atoms with Crippen molar-refractivity contribution in [1.82, 2.24) is 14.5 Å². The number of H-pyrrole nitrogens is 1. The van der Waals surface area contributed by atoms with Gasteiger partial charge < -0.3 is 31.8 Å². The van der Waals surface area contributed by atoms with E-state index in [-0.39, 0.29) is 23.1 Å². The van der Waals surface area contributed by atoms with Crippen molar-refractivity contribution in [2.75, 3.05) is 31.1 Å². The van der Waals surface area contributed by atoms with Crippen LogP contribution < -0.4 is 27.8 Å². The Labute approximate surface area is 248 Å². The van der Waals surface area contributed by atoms with Crippen LogP contribution in [0.25, 0.3) is 28.0 Å². The minimum atomic E-state index is -0.522. The van der Waals surface area contributed by atoms with Crippen LogP contribution in [0.1, 0.15) is 31.7 Å². The topological polar surface area (TPSA) is 154 Å². The number of rotatable bonds is 10. The molecule has 12 heteroatoms. The number of fused-ring (bicyclic) bond motifs is 1. The second-order valence-electron chi connectivity index (χ2n) is 10.7. The lowest BCUT2D eigenvalue weighted by molar-refractivity contribution is 0.0369. The van der Waals surface area contributed by atoms with Gasteiger partial charge in [0.2, 0.25) is 0 Å². The number of nitrogens with two attached hydrogens (primary N) is 3.